The number of piperidine rings is 1. The smallest absolute Gasteiger partial charge is 0.410 e. The summed E-state index contributed by atoms with van der Waals surface area (Å²) in [6.07, 6.45) is 10.9. The number of ether oxygens (including phenoxy) is 1. The fraction of sp³-hybridized carbons (Fsp3) is 0.478. The number of carbonyl (C=O) groups is 3. The minimum atomic E-state index is -0.335. The summed E-state index contributed by atoms with van der Waals surface area (Å²) in [7, 11) is 0. The van der Waals surface area contributed by atoms with Gasteiger partial charge in [-0.2, -0.15) is 0 Å². The third kappa shape index (κ3) is 3.60. The normalized spacial score (nSPS) is 31.2. The van der Waals surface area contributed by atoms with Gasteiger partial charge in [0.2, 0.25) is 5.91 Å². The summed E-state index contributed by atoms with van der Waals surface area (Å²) in [5, 5.41) is 2.70. The number of likely N-dealkylation sites (tertiary alicyclic amines) is 1. The zero-order valence-corrected chi connectivity index (χ0v) is 17.5. The van der Waals surface area contributed by atoms with Crippen molar-refractivity contribution in [3.05, 3.63) is 53.9 Å². The minimum absolute atomic E-state index is 0.0401. The molecule has 0 aromatic carbocycles. The van der Waals surface area contributed by atoms with E-state index in [2.05, 4.69) is 28.5 Å². The number of cyclic esters (lactones) is 1. The lowest BCUT2D eigenvalue weighted by molar-refractivity contribution is -0.119. The Morgan fingerprint density at radius 1 is 1.35 bits per heavy atom. The highest BCUT2D eigenvalue weighted by molar-refractivity contribution is 5.94. The first kappa shape index (κ1) is 19.8. The zero-order chi connectivity index (χ0) is 21.6. The molecule has 2 saturated heterocycles. The van der Waals surface area contributed by atoms with Crippen LogP contribution in [0, 0.1) is 11.3 Å². The highest BCUT2D eigenvalue weighted by Crippen LogP contribution is 2.63. The number of carbonyl (C=O) groups excluding carboxylic acids is 3. The van der Waals surface area contributed by atoms with Crippen LogP contribution in [0.25, 0.3) is 0 Å². The number of nitrogens with zero attached hydrogens (tertiary/aromatic N) is 3. The largest absolute Gasteiger partial charge is 0.442 e. The number of pyridine rings is 1. The number of amides is 3. The number of nitrogens with one attached hydrogen (secondary N) is 1. The number of hydrogen-bond donors (Lipinski definition) is 1. The number of rotatable bonds is 5. The summed E-state index contributed by atoms with van der Waals surface area (Å²) in [4.78, 5) is 43.9. The Labute approximate surface area is 180 Å². The molecule has 0 spiro atoms. The SMILES string of the molecule is CC(=O)NC[C@H]1CN(C2C=CC(C34CC3CN(C(=O)c3cccnc3)C4)=CC2)C(=O)O1. The van der Waals surface area contributed by atoms with Gasteiger partial charge in [-0.25, -0.2) is 4.79 Å². The van der Waals surface area contributed by atoms with E-state index in [1.54, 1.807) is 23.4 Å². The maximum Gasteiger partial charge on any atom is 0.410 e. The van der Waals surface area contributed by atoms with Gasteiger partial charge in [-0.05, 0) is 36.5 Å². The Kier molecular flexibility index (Phi) is 4.79. The van der Waals surface area contributed by atoms with Gasteiger partial charge in [0.15, 0.2) is 0 Å². The molecular weight excluding hydrogens is 396 g/mol. The van der Waals surface area contributed by atoms with Crippen molar-refractivity contribution < 1.29 is 19.1 Å². The fourth-order valence-corrected chi connectivity index (χ4v) is 5.14. The molecule has 8 heteroatoms. The molecule has 3 fully saturated rings. The molecule has 1 aromatic heterocycles. The molecule has 31 heavy (non-hydrogen) atoms. The topological polar surface area (TPSA) is 91.8 Å². The van der Waals surface area contributed by atoms with Gasteiger partial charge in [-0.1, -0.05) is 18.2 Å². The van der Waals surface area contributed by atoms with Crippen LogP contribution in [-0.2, 0) is 9.53 Å². The lowest BCUT2D eigenvalue weighted by Gasteiger charge is -2.27. The quantitative estimate of drug-likeness (QED) is 0.781. The van der Waals surface area contributed by atoms with Gasteiger partial charge in [0, 0.05) is 37.8 Å². The van der Waals surface area contributed by atoms with E-state index in [-0.39, 0.29) is 35.5 Å². The lowest BCUT2D eigenvalue weighted by atomic mass is 9.88. The average Bonchev–Trinajstić information content (AvgIpc) is 3.15. The molecule has 1 aromatic rings. The first-order valence-corrected chi connectivity index (χ1v) is 10.8. The van der Waals surface area contributed by atoms with E-state index in [1.165, 1.54) is 12.5 Å². The zero-order valence-electron chi connectivity index (χ0n) is 17.5. The van der Waals surface area contributed by atoms with Crippen molar-refractivity contribution >= 4 is 17.9 Å². The van der Waals surface area contributed by atoms with Crippen molar-refractivity contribution in [2.75, 3.05) is 26.2 Å². The van der Waals surface area contributed by atoms with Crippen LogP contribution < -0.4 is 5.32 Å². The summed E-state index contributed by atoms with van der Waals surface area (Å²) < 4.78 is 5.38. The van der Waals surface area contributed by atoms with Gasteiger partial charge in [0.25, 0.3) is 5.91 Å². The van der Waals surface area contributed by atoms with Crippen LogP contribution in [0.15, 0.2) is 48.3 Å². The molecule has 162 valence electrons. The highest BCUT2D eigenvalue weighted by Gasteiger charge is 2.62. The standard InChI is InChI=1S/C23H26N4O4/c1-15(28)25-11-20-13-27(22(30)31-20)19-6-4-17(5-7-19)23-9-18(23)12-26(14-23)21(29)16-3-2-8-24-10-16/h2-6,8,10,18-20H,7,9,11-14H2,1H3,(H,25,28)/t18?,19?,20-,23?/m0/s1. The van der Waals surface area contributed by atoms with E-state index in [1.807, 2.05) is 11.0 Å². The Balaban J connectivity index is 1.20. The highest BCUT2D eigenvalue weighted by atomic mass is 16.6. The molecule has 0 radical (unpaired) electrons. The van der Waals surface area contributed by atoms with Gasteiger partial charge in [-0.3, -0.25) is 19.5 Å². The summed E-state index contributed by atoms with van der Waals surface area (Å²) in [6, 6.07) is 3.56. The Morgan fingerprint density at radius 3 is 2.94 bits per heavy atom. The third-order valence-corrected chi connectivity index (χ3v) is 6.87. The van der Waals surface area contributed by atoms with Gasteiger partial charge in [-0.15, -0.1) is 0 Å². The van der Waals surface area contributed by atoms with Crippen LogP contribution in [0.2, 0.25) is 0 Å². The summed E-state index contributed by atoms with van der Waals surface area (Å²) in [5.41, 5.74) is 1.96. The van der Waals surface area contributed by atoms with E-state index < -0.39 is 0 Å². The molecule has 2 aliphatic heterocycles. The molecule has 1 N–H and O–H groups in total. The maximum atomic E-state index is 12.8. The molecule has 3 heterocycles. The van der Waals surface area contributed by atoms with Crippen LogP contribution in [-0.4, -0.2) is 71.0 Å². The van der Waals surface area contributed by atoms with E-state index in [9.17, 15) is 14.4 Å². The molecule has 1 saturated carbocycles. The van der Waals surface area contributed by atoms with Crippen molar-refractivity contribution in [1.82, 2.24) is 20.1 Å². The first-order chi connectivity index (χ1) is 15.0. The average molecular weight is 422 g/mol. The van der Waals surface area contributed by atoms with Crippen LogP contribution >= 0.6 is 0 Å². The molecule has 3 amide bonds. The van der Waals surface area contributed by atoms with Crippen molar-refractivity contribution in [2.24, 2.45) is 11.3 Å². The Hall–Kier alpha value is -3.16. The monoisotopic (exact) mass is 422 g/mol. The van der Waals surface area contributed by atoms with Crippen molar-refractivity contribution in [2.45, 2.75) is 31.9 Å². The van der Waals surface area contributed by atoms with E-state index in [0.717, 1.165) is 25.9 Å². The summed E-state index contributed by atoms with van der Waals surface area (Å²) in [6.45, 7) is 3.77. The maximum absolute atomic E-state index is 12.8. The van der Waals surface area contributed by atoms with Crippen LogP contribution in [0.5, 0.6) is 0 Å². The van der Waals surface area contributed by atoms with Gasteiger partial charge in [0.1, 0.15) is 6.10 Å². The number of allylic oxidation sites excluding steroid dienone is 1. The Bertz CT molecular complexity index is 975. The summed E-state index contributed by atoms with van der Waals surface area (Å²) >= 11 is 0. The first-order valence-electron chi connectivity index (χ1n) is 10.8. The van der Waals surface area contributed by atoms with E-state index >= 15 is 0 Å². The molecule has 8 nitrogen and oxygen atoms in total. The van der Waals surface area contributed by atoms with Crippen LogP contribution in [0.3, 0.4) is 0 Å². The second-order valence-electron chi connectivity index (χ2n) is 8.90. The number of fused-ring (bicyclic) bond motifs is 1. The van der Waals surface area contributed by atoms with Crippen molar-refractivity contribution in [3.8, 4) is 0 Å². The lowest BCUT2D eigenvalue weighted by Crippen LogP contribution is -2.38. The molecular formula is C23H26N4O4. The van der Waals surface area contributed by atoms with Crippen LogP contribution in [0.1, 0.15) is 30.1 Å². The van der Waals surface area contributed by atoms with Gasteiger partial charge in [0.05, 0.1) is 24.7 Å². The molecule has 5 rings (SSSR count). The second-order valence-corrected chi connectivity index (χ2v) is 8.90. The van der Waals surface area contributed by atoms with E-state index in [0.29, 0.717) is 24.6 Å². The molecule has 4 atom stereocenters. The van der Waals surface area contributed by atoms with E-state index in [4.69, 9.17) is 4.74 Å². The molecule has 2 aliphatic carbocycles. The van der Waals surface area contributed by atoms with Gasteiger partial charge >= 0.3 is 6.09 Å². The van der Waals surface area contributed by atoms with Crippen LogP contribution in [0.4, 0.5) is 4.79 Å². The predicted molar refractivity (Wildman–Crippen MR) is 112 cm³/mol. The molecule has 4 aliphatic rings. The molecule has 3 unspecified atom stereocenters. The minimum Gasteiger partial charge on any atom is -0.442 e. The number of aromatic nitrogens is 1. The number of hydrogen-bond acceptors (Lipinski definition) is 5. The fourth-order valence-electron chi connectivity index (χ4n) is 5.14. The van der Waals surface area contributed by atoms with Crippen molar-refractivity contribution in [1.29, 1.82) is 0 Å². The summed E-state index contributed by atoms with van der Waals surface area (Å²) in [5.74, 6) is 0.410. The Morgan fingerprint density at radius 2 is 2.23 bits per heavy atom. The van der Waals surface area contributed by atoms with Gasteiger partial charge < -0.3 is 15.0 Å². The molecule has 0 bridgehead atoms. The van der Waals surface area contributed by atoms with Crippen molar-refractivity contribution in [3.63, 3.8) is 0 Å². The second kappa shape index (κ2) is 7.51. The predicted octanol–water partition coefficient (Wildman–Crippen LogP) is 1.76. The third-order valence-electron chi connectivity index (χ3n) is 6.87.